The molecule has 1 amide bonds. The summed E-state index contributed by atoms with van der Waals surface area (Å²) in [5, 5.41) is 15.8. The van der Waals surface area contributed by atoms with Crippen LogP contribution in [0.25, 0.3) is 0 Å². The fourth-order valence-corrected chi connectivity index (χ4v) is 1.51. The van der Waals surface area contributed by atoms with Crippen molar-refractivity contribution in [2.45, 2.75) is 0 Å². The monoisotopic (exact) mass is 289 g/mol. The third kappa shape index (κ3) is 3.24. The third-order valence-electron chi connectivity index (χ3n) is 2.52. The number of aromatic nitrogens is 2. The molecular formula is C13H11N3O5. The van der Waals surface area contributed by atoms with Crippen LogP contribution in [0.2, 0.25) is 0 Å². The molecule has 2 rings (SSSR count). The minimum absolute atomic E-state index is 0.0881. The molecule has 3 N–H and O–H groups in total. The van der Waals surface area contributed by atoms with Gasteiger partial charge in [-0.15, -0.1) is 10.2 Å². The number of hydrogen-bond acceptors (Lipinski definition) is 6. The van der Waals surface area contributed by atoms with Gasteiger partial charge < -0.3 is 20.3 Å². The number of carboxylic acid groups (broad SMARTS) is 1. The van der Waals surface area contributed by atoms with Gasteiger partial charge in [0.05, 0.1) is 7.11 Å². The van der Waals surface area contributed by atoms with E-state index in [0.717, 1.165) is 0 Å². The largest absolute Gasteiger partial charge is 0.493 e. The Labute approximate surface area is 119 Å². The number of benzene rings is 1. The number of methoxy groups -OCH3 is 1. The lowest BCUT2D eigenvalue weighted by Gasteiger charge is -2.10. The van der Waals surface area contributed by atoms with Crippen molar-refractivity contribution in [3.63, 3.8) is 0 Å². The standard InChI is InChI=1S/C13H11N3O5/c1-20-10-6-7(12(14)17)2-4-9(10)21-11-5-3-8(13(18)19)15-16-11/h2-6H,1H3,(H2,14,17)(H,18,19). The first kappa shape index (κ1) is 14.3. The van der Waals surface area contributed by atoms with E-state index < -0.39 is 11.9 Å². The Kier molecular flexibility index (Phi) is 3.98. The Balaban J connectivity index is 2.26. The second-order valence-electron chi connectivity index (χ2n) is 3.89. The van der Waals surface area contributed by atoms with Gasteiger partial charge in [0.25, 0.3) is 0 Å². The number of aromatic carboxylic acids is 1. The van der Waals surface area contributed by atoms with Crippen molar-refractivity contribution in [2.75, 3.05) is 7.11 Å². The molecule has 0 unspecified atom stereocenters. The van der Waals surface area contributed by atoms with Crippen LogP contribution < -0.4 is 15.2 Å². The highest BCUT2D eigenvalue weighted by Gasteiger charge is 2.11. The van der Waals surface area contributed by atoms with E-state index in [1.165, 1.54) is 37.4 Å². The first-order valence-electron chi connectivity index (χ1n) is 5.74. The Morgan fingerprint density at radius 3 is 2.43 bits per heavy atom. The highest BCUT2D eigenvalue weighted by Crippen LogP contribution is 2.31. The van der Waals surface area contributed by atoms with E-state index in [0.29, 0.717) is 5.75 Å². The lowest BCUT2D eigenvalue weighted by Crippen LogP contribution is -2.11. The molecule has 0 aliphatic rings. The molecule has 21 heavy (non-hydrogen) atoms. The van der Waals surface area contributed by atoms with Crippen molar-refractivity contribution in [1.29, 1.82) is 0 Å². The SMILES string of the molecule is COc1cc(C(N)=O)ccc1Oc1ccc(C(=O)O)nn1. The summed E-state index contributed by atoms with van der Waals surface area (Å²) in [5.74, 6) is -1.11. The van der Waals surface area contributed by atoms with Gasteiger partial charge in [-0.1, -0.05) is 0 Å². The average Bonchev–Trinajstić information content (AvgIpc) is 2.48. The van der Waals surface area contributed by atoms with E-state index in [1.54, 1.807) is 0 Å². The van der Waals surface area contributed by atoms with Crippen LogP contribution in [0.4, 0.5) is 0 Å². The highest BCUT2D eigenvalue weighted by atomic mass is 16.5. The first-order valence-corrected chi connectivity index (χ1v) is 5.74. The molecule has 108 valence electrons. The molecule has 0 fully saturated rings. The highest BCUT2D eigenvalue weighted by molar-refractivity contribution is 5.93. The van der Waals surface area contributed by atoms with Crippen molar-refractivity contribution in [3.8, 4) is 17.4 Å². The van der Waals surface area contributed by atoms with E-state index in [9.17, 15) is 9.59 Å². The van der Waals surface area contributed by atoms with E-state index >= 15 is 0 Å². The second-order valence-corrected chi connectivity index (χ2v) is 3.89. The van der Waals surface area contributed by atoms with Gasteiger partial charge in [-0.25, -0.2) is 4.79 Å². The van der Waals surface area contributed by atoms with Crippen LogP contribution in [0.15, 0.2) is 30.3 Å². The van der Waals surface area contributed by atoms with Crippen LogP contribution in [0.3, 0.4) is 0 Å². The molecule has 0 atom stereocenters. The smallest absolute Gasteiger partial charge is 0.356 e. The predicted molar refractivity (Wildman–Crippen MR) is 70.6 cm³/mol. The zero-order chi connectivity index (χ0) is 15.4. The summed E-state index contributed by atoms with van der Waals surface area (Å²) in [6.07, 6.45) is 0. The summed E-state index contributed by atoms with van der Waals surface area (Å²) >= 11 is 0. The predicted octanol–water partition coefficient (Wildman–Crippen LogP) is 1.07. The zero-order valence-electron chi connectivity index (χ0n) is 10.9. The Morgan fingerprint density at radius 2 is 1.90 bits per heavy atom. The second kappa shape index (κ2) is 5.87. The normalized spacial score (nSPS) is 9.95. The van der Waals surface area contributed by atoms with Crippen LogP contribution in [-0.4, -0.2) is 34.3 Å². The number of ether oxygens (including phenoxy) is 2. The Hall–Kier alpha value is -3.16. The van der Waals surface area contributed by atoms with Gasteiger partial charge in [0, 0.05) is 11.6 Å². The fourth-order valence-electron chi connectivity index (χ4n) is 1.51. The number of carbonyl (C=O) groups excluding carboxylic acids is 1. The fraction of sp³-hybridized carbons (Fsp3) is 0.0769. The number of nitrogens with two attached hydrogens (primary N) is 1. The summed E-state index contributed by atoms with van der Waals surface area (Å²) in [6, 6.07) is 7.01. The molecule has 1 heterocycles. The molecule has 0 bridgehead atoms. The number of hydrogen-bond donors (Lipinski definition) is 2. The number of rotatable bonds is 5. The van der Waals surface area contributed by atoms with Crippen molar-refractivity contribution in [3.05, 3.63) is 41.6 Å². The number of amides is 1. The third-order valence-corrected chi connectivity index (χ3v) is 2.52. The van der Waals surface area contributed by atoms with E-state index in [2.05, 4.69) is 10.2 Å². The first-order chi connectivity index (χ1) is 10.0. The molecular weight excluding hydrogens is 278 g/mol. The summed E-state index contributed by atoms with van der Waals surface area (Å²) in [6.45, 7) is 0. The topological polar surface area (TPSA) is 125 Å². The van der Waals surface area contributed by atoms with E-state index in [1.807, 2.05) is 0 Å². The molecule has 0 aliphatic heterocycles. The number of carboxylic acids is 1. The quantitative estimate of drug-likeness (QED) is 0.843. The number of nitrogens with zero attached hydrogens (tertiary/aromatic N) is 2. The lowest BCUT2D eigenvalue weighted by atomic mass is 10.2. The van der Waals surface area contributed by atoms with Gasteiger partial charge in [-0.05, 0) is 24.3 Å². The van der Waals surface area contributed by atoms with E-state index in [4.69, 9.17) is 20.3 Å². The maximum atomic E-state index is 11.1. The van der Waals surface area contributed by atoms with Crippen molar-refractivity contribution in [2.24, 2.45) is 5.73 Å². The summed E-state index contributed by atoms with van der Waals surface area (Å²) in [4.78, 5) is 21.8. The van der Waals surface area contributed by atoms with Gasteiger partial charge in [-0.2, -0.15) is 0 Å². The van der Waals surface area contributed by atoms with Crippen LogP contribution in [0.5, 0.6) is 17.4 Å². The van der Waals surface area contributed by atoms with Crippen molar-refractivity contribution < 1.29 is 24.2 Å². The van der Waals surface area contributed by atoms with Gasteiger partial charge in [0.1, 0.15) is 0 Å². The summed E-state index contributed by atoms with van der Waals surface area (Å²) in [5.41, 5.74) is 5.25. The molecule has 8 heteroatoms. The maximum absolute atomic E-state index is 11.1. The molecule has 0 spiro atoms. The molecule has 2 aromatic rings. The minimum atomic E-state index is -1.18. The molecule has 0 radical (unpaired) electrons. The van der Waals surface area contributed by atoms with Crippen molar-refractivity contribution >= 4 is 11.9 Å². The molecule has 1 aromatic heterocycles. The van der Waals surface area contributed by atoms with Gasteiger partial charge >= 0.3 is 5.97 Å². The van der Waals surface area contributed by atoms with E-state index in [-0.39, 0.29) is 22.9 Å². The number of carbonyl (C=O) groups is 2. The summed E-state index contributed by atoms with van der Waals surface area (Å²) < 4.78 is 10.5. The minimum Gasteiger partial charge on any atom is -0.493 e. The van der Waals surface area contributed by atoms with Crippen LogP contribution in [-0.2, 0) is 0 Å². The maximum Gasteiger partial charge on any atom is 0.356 e. The molecule has 1 aromatic carbocycles. The van der Waals surface area contributed by atoms with Gasteiger partial charge in [0.2, 0.25) is 11.8 Å². The van der Waals surface area contributed by atoms with Crippen molar-refractivity contribution in [1.82, 2.24) is 10.2 Å². The Bertz CT molecular complexity index is 685. The van der Waals surface area contributed by atoms with Gasteiger partial charge in [-0.3, -0.25) is 4.79 Å². The van der Waals surface area contributed by atoms with Crippen LogP contribution in [0.1, 0.15) is 20.8 Å². The Morgan fingerprint density at radius 1 is 1.14 bits per heavy atom. The average molecular weight is 289 g/mol. The molecule has 8 nitrogen and oxygen atoms in total. The molecule has 0 aliphatic carbocycles. The number of primary amides is 1. The zero-order valence-corrected chi connectivity index (χ0v) is 10.9. The lowest BCUT2D eigenvalue weighted by molar-refractivity contribution is 0.0688. The van der Waals surface area contributed by atoms with Gasteiger partial charge in [0.15, 0.2) is 17.2 Å². The van der Waals surface area contributed by atoms with Crippen LogP contribution in [0, 0.1) is 0 Å². The van der Waals surface area contributed by atoms with Crippen LogP contribution >= 0.6 is 0 Å². The molecule has 0 saturated heterocycles. The summed E-state index contributed by atoms with van der Waals surface area (Å²) in [7, 11) is 1.41. The molecule has 0 saturated carbocycles.